The number of hydrogen-bond donors (Lipinski definition) is 0. The van der Waals surface area contributed by atoms with Crippen LogP contribution in [-0.4, -0.2) is 9.55 Å². The average molecular weight is 353 g/mol. The Kier molecular flexibility index (Phi) is 4.05. The van der Waals surface area contributed by atoms with E-state index in [0.29, 0.717) is 16.9 Å². The van der Waals surface area contributed by atoms with Gasteiger partial charge in [-0.3, -0.25) is 9.36 Å². The van der Waals surface area contributed by atoms with Crippen molar-refractivity contribution in [2.45, 2.75) is 26.0 Å². The fraction of sp³-hybridized carbons (Fsp3) is 0.333. The standard InChI is InChI=1S/C15H14BrFN2O2/c16-13-14(21-8-11-3-5-12(17)6-4-11)18-9-19(15(13)20)7-10-1-2-10/h3-6,9-10H,1-2,7-8H2. The van der Waals surface area contributed by atoms with Crippen LogP contribution in [0.4, 0.5) is 4.39 Å². The molecule has 1 aromatic carbocycles. The minimum atomic E-state index is -0.291. The van der Waals surface area contributed by atoms with E-state index in [1.807, 2.05) is 0 Å². The molecule has 0 atom stereocenters. The van der Waals surface area contributed by atoms with Crippen LogP contribution in [0, 0.1) is 11.7 Å². The van der Waals surface area contributed by atoms with E-state index < -0.39 is 0 Å². The van der Waals surface area contributed by atoms with Gasteiger partial charge in [0.2, 0.25) is 5.88 Å². The number of aromatic nitrogens is 2. The molecule has 0 saturated heterocycles. The van der Waals surface area contributed by atoms with Gasteiger partial charge in [-0.15, -0.1) is 0 Å². The van der Waals surface area contributed by atoms with E-state index in [-0.39, 0.29) is 23.9 Å². The number of rotatable bonds is 5. The van der Waals surface area contributed by atoms with Gasteiger partial charge in [-0.25, -0.2) is 9.37 Å². The summed E-state index contributed by atoms with van der Waals surface area (Å²) < 4.78 is 20.3. The minimum Gasteiger partial charge on any atom is -0.472 e. The fourth-order valence-electron chi connectivity index (χ4n) is 1.99. The first-order chi connectivity index (χ1) is 10.1. The first-order valence-electron chi connectivity index (χ1n) is 6.75. The molecule has 6 heteroatoms. The summed E-state index contributed by atoms with van der Waals surface area (Å²) >= 11 is 3.25. The van der Waals surface area contributed by atoms with Gasteiger partial charge in [-0.1, -0.05) is 12.1 Å². The summed E-state index contributed by atoms with van der Waals surface area (Å²) in [7, 11) is 0. The highest BCUT2D eigenvalue weighted by molar-refractivity contribution is 9.10. The molecule has 0 bridgehead atoms. The Hall–Kier alpha value is -1.69. The first-order valence-corrected chi connectivity index (χ1v) is 7.55. The molecule has 21 heavy (non-hydrogen) atoms. The lowest BCUT2D eigenvalue weighted by molar-refractivity contribution is 0.288. The Bertz CT molecular complexity index is 696. The summed E-state index contributed by atoms with van der Waals surface area (Å²) in [6.45, 7) is 0.945. The Labute approximate surface area is 129 Å². The van der Waals surface area contributed by atoms with Crippen molar-refractivity contribution in [3.8, 4) is 5.88 Å². The second-order valence-corrected chi connectivity index (χ2v) is 5.97. The van der Waals surface area contributed by atoms with Crippen molar-refractivity contribution in [3.05, 3.63) is 56.8 Å². The zero-order valence-electron chi connectivity index (χ0n) is 11.3. The second-order valence-electron chi connectivity index (χ2n) is 5.18. The van der Waals surface area contributed by atoms with Crippen LogP contribution < -0.4 is 10.3 Å². The third kappa shape index (κ3) is 3.50. The highest BCUT2D eigenvalue weighted by Crippen LogP contribution is 2.30. The van der Waals surface area contributed by atoms with Crippen LogP contribution in [-0.2, 0) is 13.2 Å². The lowest BCUT2D eigenvalue weighted by Crippen LogP contribution is -2.22. The number of benzene rings is 1. The van der Waals surface area contributed by atoms with Gasteiger partial charge < -0.3 is 4.74 Å². The van der Waals surface area contributed by atoms with E-state index in [0.717, 1.165) is 5.56 Å². The SMILES string of the molecule is O=c1c(Br)c(OCc2ccc(F)cc2)ncn1CC1CC1. The van der Waals surface area contributed by atoms with Crippen molar-refractivity contribution in [1.29, 1.82) is 0 Å². The summed E-state index contributed by atoms with van der Waals surface area (Å²) in [4.78, 5) is 16.3. The highest BCUT2D eigenvalue weighted by Gasteiger charge is 2.23. The highest BCUT2D eigenvalue weighted by atomic mass is 79.9. The van der Waals surface area contributed by atoms with E-state index in [1.54, 1.807) is 16.7 Å². The van der Waals surface area contributed by atoms with Gasteiger partial charge in [0, 0.05) is 6.54 Å². The third-order valence-corrected chi connectivity index (χ3v) is 4.07. The predicted molar refractivity (Wildman–Crippen MR) is 79.7 cm³/mol. The van der Waals surface area contributed by atoms with Gasteiger partial charge in [-0.05, 0) is 52.4 Å². The summed E-state index contributed by atoms with van der Waals surface area (Å²) in [5.74, 6) is 0.569. The van der Waals surface area contributed by atoms with Crippen LogP contribution in [0.15, 0.2) is 39.9 Å². The number of halogens is 2. The summed E-state index contributed by atoms with van der Waals surface area (Å²) in [6.07, 6.45) is 3.87. The topological polar surface area (TPSA) is 44.1 Å². The molecule has 3 rings (SSSR count). The molecule has 0 amide bonds. The van der Waals surface area contributed by atoms with Crippen molar-refractivity contribution >= 4 is 15.9 Å². The monoisotopic (exact) mass is 352 g/mol. The van der Waals surface area contributed by atoms with Gasteiger partial charge in [-0.2, -0.15) is 0 Å². The Morgan fingerprint density at radius 1 is 1.33 bits per heavy atom. The predicted octanol–water partition coefficient (Wildman–Crippen LogP) is 3.13. The molecule has 1 aliphatic rings. The fourth-order valence-corrected chi connectivity index (χ4v) is 2.43. The lowest BCUT2D eigenvalue weighted by Gasteiger charge is -2.09. The molecule has 0 aliphatic heterocycles. The molecule has 0 spiro atoms. The van der Waals surface area contributed by atoms with Crippen LogP contribution >= 0.6 is 15.9 Å². The number of hydrogen-bond acceptors (Lipinski definition) is 3. The van der Waals surface area contributed by atoms with Gasteiger partial charge in [0.05, 0.1) is 0 Å². The second kappa shape index (κ2) is 5.97. The molecule has 0 N–H and O–H groups in total. The van der Waals surface area contributed by atoms with E-state index >= 15 is 0 Å². The van der Waals surface area contributed by atoms with Gasteiger partial charge in [0.25, 0.3) is 5.56 Å². The van der Waals surface area contributed by atoms with Gasteiger partial charge in [0.15, 0.2) is 0 Å². The molecular weight excluding hydrogens is 339 g/mol. The summed E-state index contributed by atoms with van der Waals surface area (Å²) in [5, 5.41) is 0. The lowest BCUT2D eigenvalue weighted by atomic mass is 10.2. The van der Waals surface area contributed by atoms with Crippen molar-refractivity contribution in [3.63, 3.8) is 0 Å². The zero-order chi connectivity index (χ0) is 14.8. The van der Waals surface area contributed by atoms with Crippen LogP contribution in [0.1, 0.15) is 18.4 Å². The maximum Gasteiger partial charge on any atom is 0.271 e. The van der Waals surface area contributed by atoms with Gasteiger partial charge in [0.1, 0.15) is 23.2 Å². The maximum absolute atomic E-state index is 12.8. The largest absolute Gasteiger partial charge is 0.472 e. The molecule has 0 unspecified atom stereocenters. The molecule has 110 valence electrons. The van der Waals surface area contributed by atoms with Crippen molar-refractivity contribution in [2.75, 3.05) is 0 Å². The van der Waals surface area contributed by atoms with Crippen molar-refractivity contribution in [2.24, 2.45) is 5.92 Å². The van der Waals surface area contributed by atoms with Crippen molar-refractivity contribution < 1.29 is 9.13 Å². The Morgan fingerprint density at radius 3 is 2.71 bits per heavy atom. The van der Waals surface area contributed by atoms with E-state index in [4.69, 9.17) is 4.74 Å². The van der Waals surface area contributed by atoms with E-state index in [1.165, 1.54) is 31.3 Å². The van der Waals surface area contributed by atoms with Crippen LogP contribution in [0.25, 0.3) is 0 Å². The molecule has 1 aliphatic carbocycles. The Balaban J connectivity index is 1.71. The van der Waals surface area contributed by atoms with Crippen LogP contribution in [0.2, 0.25) is 0 Å². The smallest absolute Gasteiger partial charge is 0.271 e. The molecule has 1 fully saturated rings. The zero-order valence-corrected chi connectivity index (χ0v) is 12.8. The summed E-state index contributed by atoms with van der Waals surface area (Å²) in [6, 6.07) is 6.01. The van der Waals surface area contributed by atoms with Gasteiger partial charge >= 0.3 is 0 Å². The third-order valence-electron chi connectivity index (χ3n) is 3.39. The molecule has 1 heterocycles. The molecule has 2 aromatic rings. The van der Waals surface area contributed by atoms with E-state index in [2.05, 4.69) is 20.9 Å². The maximum atomic E-state index is 12.8. The van der Waals surface area contributed by atoms with Crippen molar-refractivity contribution in [1.82, 2.24) is 9.55 Å². The first kappa shape index (κ1) is 14.3. The van der Waals surface area contributed by atoms with Crippen LogP contribution in [0.3, 0.4) is 0 Å². The van der Waals surface area contributed by atoms with Crippen LogP contribution in [0.5, 0.6) is 5.88 Å². The quantitative estimate of drug-likeness (QED) is 0.830. The number of nitrogens with zero attached hydrogens (tertiary/aromatic N) is 2. The molecule has 1 aromatic heterocycles. The number of ether oxygens (including phenoxy) is 1. The molecule has 0 radical (unpaired) electrons. The van der Waals surface area contributed by atoms with E-state index in [9.17, 15) is 9.18 Å². The summed E-state index contributed by atoms with van der Waals surface area (Å²) in [5.41, 5.74) is 0.679. The Morgan fingerprint density at radius 2 is 2.05 bits per heavy atom. The minimum absolute atomic E-state index is 0.133. The normalized spacial score (nSPS) is 14.2. The average Bonchev–Trinajstić information content (AvgIpc) is 3.29. The molecule has 4 nitrogen and oxygen atoms in total. The molecule has 1 saturated carbocycles. The molecular formula is C15H14BrFN2O2.